The number of methoxy groups -OCH3 is 2. The van der Waals surface area contributed by atoms with Crippen molar-refractivity contribution in [3.63, 3.8) is 0 Å². The highest BCUT2D eigenvalue weighted by molar-refractivity contribution is 5.42. The van der Waals surface area contributed by atoms with Crippen LogP contribution in [0.4, 0.5) is 0 Å². The highest BCUT2D eigenvalue weighted by Crippen LogP contribution is 2.27. The highest BCUT2D eigenvalue weighted by atomic mass is 16.5. The standard InChI is InChI=1S/C16H27NO2/c1-12(2)10-13(3)17-9-8-14-6-7-15(18-4)16(11-14)19-5/h6-7,11-13,17H,8-10H2,1-5H3. The summed E-state index contributed by atoms with van der Waals surface area (Å²) >= 11 is 0. The average Bonchev–Trinajstić information content (AvgIpc) is 2.37. The van der Waals surface area contributed by atoms with Crippen LogP contribution in [-0.2, 0) is 6.42 Å². The third-order valence-corrected chi connectivity index (χ3v) is 3.18. The Labute approximate surface area is 117 Å². The van der Waals surface area contributed by atoms with Crippen molar-refractivity contribution in [2.45, 2.75) is 39.7 Å². The van der Waals surface area contributed by atoms with E-state index in [2.05, 4.69) is 32.2 Å². The number of nitrogens with one attached hydrogen (secondary N) is 1. The van der Waals surface area contributed by atoms with Crippen molar-refractivity contribution in [2.75, 3.05) is 20.8 Å². The lowest BCUT2D eigenvalue weighted by atomic mass is 10.0. The maximum Gasteiger partial charge on any atom is 0.160 e. The smallest absolute Gasteiger partial charge is 0.160 e. The van der Waals surface area contributed by atoms with Gasteiger partial charge in [0.15, 0.2) is 11.5 Å². The van der Waals surface area contributed by atoms with Gasteiger partial charge >= 0.3 is 0 Å². The number of benzene rings is 1. The van der Waals surface area contributed by atoms with E-state index in [4.69, 9.17) is 9.47 Å². The molecule has 0 amide bonds. The third kappa shape index (κ3) is 5.52. The monoisotopic (exact) mass is 265 g/mol. The molecule has 1 aromatic carbocycles. The van der Waals surface area contributed by atoms with Gasteiger partial charge in [0.2, 0.25) is 0 Å². The number of hydrogen-bond acceptors (Lipinski definition) is 3. The molecule has 3 nitrogen and oxygen atoms in total. The lowest BCUT2D eigenvalue weighted by Crippen LogP contribution is -2.29. The summed E-state index contributed by atoms with van der Waals surface area (Å²) < 4.78 is 10.5. The topological polar surface area (TPSA) is 30.5 Å². The number of rotatable bonds is 8. The van der Waals surface area contributed by atoms with Crippen LogP contribution in [0.2, 0.25) is 0 Å². The average molecular weight is 265 g/mol. The van der Waals surface area contributed by atoms with Gasteiger partial charge in [-0.05, 0) is 49.9 Å². The quantitative estimate of drug-likeness (QED) is 0.782. The molecule has 1 N–H and O–H groups in total. The zero-order valence-corrected chi connectivity index (χ0v) is 12.8. The Morgan fingerprint density at radius 3 is 2.32 bits per heavy atom. The van der Waals surface area contributed by atoms with Crippen LogP contribution in [0.15, 0.2) is 18.2 Å². The maximum absolute atomic E-state index is 5.31. The molecule has 108 valence electrons. The third-order valence-electron chi connectivity index (χ3n) is 3.18. The van der Waals surface area contributed by atoms with Gasteiger partial charge in [0.05, 0.1) is 14.2 Å². The van der Waals surface area contributed by atoms with E-state index in [1.54, 1.807) is 14.2 Å². The van der Waals surface area contributed by atoms with Crippen molar-refractivity contribution in [1.82, 2.24) is 5.32 Å². The van der Waals surface area contributed by atoms with Gasteiger partial charge < -0.3 is 14.8 Å². The van der Waals surface area contributed by atoms with E-state index in [1.807, 2.05) is 12.1 Å². The summed E-state index contributed by atoms with van der Waals surface area (Å²) in [6.07, 6.45) is 2.22. The first-order valence-corrected chi connectivity index (χ1v) is 7.01. The Hall–Kier alpha value is -1.22. The molecule has 0 radical (unpaired) electrons. The van der Waals surface area contributed by atoms with Crippen molar-refractivity contribution < 1.29 is 9.47 Å². The summed E-state index contributed by atoms with van der Waals surface area (Å²) in [5, 5.41) is 3.56. The van der Waals surface area contributed by atoms with Gasteiger partial charge in [-0.1, -0.05) is 19.9 Å². The fraction of sp³-hybridized carbons (Fsp3) is 0.625. The number of ether oxygens (including phenoxy) is 2. The van der Waals surface area contributed by atoms with Crippen LogP contribution >= 0.6 is 0 Å². The molecule has 0 fully saturated rings. The predicted molar refractivity (Wildman–Crippen MR) is 80.2 cm³/mol. The Morgan fingerprint density at radius 1 is 1.05 bits per heavy atom. The molecule has 0 aliphatic heterocycles. The Morgan fingerprint density at radius 2 is 1.74 bits per heavy atom. The van der Waals surface area contributed by atoms with Gasteiger partial charge in [0.1, 0.15) is 0 Å². The molecule has 0 spiro atoms. The molecular weight excluding hydrogens is 238 g/mol. The van der Waals surface area contributed by atoms with E-state index >= 15 is 0 Å². The fourth-order valence-corrected chi connectivity index (χ4v) is 2.29. The van der Waals surface area contributed by atoms with Crippen LogP contribution in [0.5, 0.6) is 11.5 Å². The van der Waals surface area contributed by atoms with Gasteiger partial charge in [0.25, 0.3) is 0 Å². The molecule has 0 aliphatic carbocycles. The molecule has 1 unspecified atom stereocenters. The summed E-state index contributed by atoms with van der Waals surface area (Å²) in [7, 11) is 3.33. The molecule has 19 heavy (non-hydrogen) atoms. The van der Waals surface area contributed by atoms with Gasteiger partial charge in [-0.2, -0.15) is 0 Å². The summed E-state index contributed by atoms with van der Waals surface area (Å²) in [5.74, 6) is 2.33. The minimum atomic E-state index is 0.570. The molecule has 0 bridgehead atoms. The van der Waals surface area contributed by atoms with Crippen LogP contribution < -0.4 is 14.8 Å². The summed E-state index contributed by atoms with van der Waals surface area (Å²) in [4.78, 5) is 0. The second-order valence-electron chi connectivity index (χ2n) is 5.42. The van der Waals surface area contributed by atoms with E-state index in [0.29, 0.717) is 6.04 Å². The number of hydrogen-bond donors (Lipinski definition) is 1. The molecule has 3 heteroatoms. The van der Waals surface area contributed by atoms with Crippen LogP contribution in [-0.4, -0.2) is 26.8 Å². The van der Waals surface area contributed by atoms with Crippen LogP contribution in [0.25, 0.3) is 0 Å². The lowest BCUT2D eigenvalue weighted by molar-refractivity contribution is 0.354. The Kier molecular flexibility index (Phi) is 6.71. The molecular formula is C16H27NO2. The molecule has 1 atom stereocenters. The highest BCUT2D eigenvalue weighted by Gasteiger charge is 2.06. The van der Waals surface area contributed by atoms with Gasteiger partial charge in [-0.15, -0.1) is 0 Å². The summed E-state index contributed by atoms with van der Waals surface area (Å²) in [5.41, 5.74) is 1.27. The minimum absolute atomic E-state index is 0.570. The van der Waals surface area contributed by atoms with Crippen molar-refractivity contribution in [3.8, 4) is 11.5 Å². The first-order valence-electron chi connectivity index (χ1n) is 7.01. The van der Waals surface area contributed by atoms with E-state index < -0.39 is 0 Å². The predicted octanol–water partition coefficient (Wildman–Crippen LogP) is 3.27. The molecule has 1 aromatic rings. The van der Waals surface area contributed by atoms with Crippen LogP contribution in [0.3, 0.4) is 0 Å². The minimum Gasteiger partial charge on any atom is -0.493 e. The molecule has 1 rings (SSSR count). The second-order valence-corrected chi connectivity index (χ2v) is 5.42. The van der Waals surface area contributed by atoms with Crippen LogP contribution in [0.1, 0.15) is 32.8 Å². The molecule has 0 aromatic heterocycles. The van der Waals surface area contributed by atoms with Gasteiger partial charge in [0, 0.05) is 6.04 Å². The van der Waals surface area contributed by atoms with E-state index in [0.717, 1.165) is 30.4 Å². The Balaban J connectivity index is 2.45. The SMILES string of the molecule is COc1ccc(CCNC(C)CC(C)C)cc1OC. The van der Waals surface area contributed by atoms with E-state index in [1.165, 1.54) is 12.0 Å². The van der Waals surface area contributed by atoms with Gasteiger partial charge in [-0.3, -0.25) is 0 Å². The first kappa shape index (κ1) is 15.8. The van der Waals surface area contributed by atoms with E-state index in [9.17, 15) is 0 Å². The Bertz CT molecular complexity index is 377. The lowest BCUT2D eigenvalue weighted by Gasteiger charge is -2.16. The van der Waals surface area contributed by atoms with E-state index in [-0.39, 0.29) is 0 Å². The normalized spacial score (nSPS) is 12.5. The first-order chi connectivity index (χ1) is 9.06. The second kappa shape index (κ2) is 8.05. The molecule has 0 heterocycles. The zero-order chi connectivity index (χ0) is 14.3. The maximum atomic E-state index is 5.31. The molecule has 0 aliphatic rings. The van der Waals surface area contributed by atoms with Crippen molar-refractivity contribution in [2.24, 2.45) is 5.92 Å². The summed E-state index contributed by atoms with van der Waals surface area (Å²) in [6, 6.07) is 6.68. The largest absolute Gasteiger partial charge is 0.493 e. The summed E-state index contributed by atoms with van der Waals surface area (Å²) in [6.45, 7) is 7.75. The molecule has 0 saturated heterocycles. The van der Waals surface area contributed by atoms with Crippen molar-refractivity contribution >= 4 is 0 Å². The van der Waals surface area contributed by atoms with Gasteiger partial charge in [-0.25, -0.2) is 0 Å². The zero-order valence-electron chi connectivity index (χ0n) is 12.8. The fourth-order valence-electron chi connectivity index (χ4n) is 2.29. The van der Waals surface area contributed by atoms with Crippen molar-refractivity contribution in [3.05, 3.63) is 23.8 Å². The van der Waals surface area contributed by atoms with Crippen LogP contribution in [0, 0.1) is 5.92 Å². The van der Waals surface area contributed by atoms with Crippen molar-refractivity contribution in [1.29, 1.82) is 0 Å². The molecule has 0 saturated carbocycles.